The van der Waals surface area contributed by atoms with Crippen LogP contribution in [0.5, 0.6) is 5.75 Å². The van der Waals surface area contributed by atoms with Gasteiger partial charge in [0.05, 0.1) is 5.52 Å². The Morgan fingerprint density at radius 1 is 1.23 bits per heavy atom. The van der Waals surface area contributed by atoms with E-state index in [0.717, 1.165) is 35.1 Å². The molecular weight excluding hydrogens is 298 g/mol. The van der Waals surface area contributed by atoms with Crippen molar-refractivity contribution in [2.24, 2.45) is 4.99 Å². The van der Waals surface area contributed by atoms with Gasteiger partial charge in [-0.25, -0.2) is 0 Å². The number of hydrogen-bond donors (Lipinski definition) is 3. The predicted molar refractivity (Wildman–Crippen MR) is 90.9 cm³/mol. The highest BCUT2D eigenvalue weighted by Gasteiger charge is 2.18. The highest BCUT2D eigenvalue weighted by Crippen LogP contribution is 2.42. The summed E-state index contributed by atoms with van der Waals surface area (Å²) in [4.78, 5) is 7.57. The zero-order valence-electron chi connectivity index (χ0n) is 11.7. The van der Waals surface area contributed by atoms with E-state index in [-0.39, 0.29) is 5.75 Å². The minimum Gasteiger partial charge on any atom is -0.504 e. The summed E-state index contributed by atoms with van der Waals surface area (Å²) in [6, 6.07) is 9.29. The number of aliphatic imine (C=N–C) groups is 1. The van der Waals surface area contributed by atoms with Gasteiger partial charge in [-0.05, 0) is 35.7 Å². The zero-order valence-corrected chi connectivity index (χ0v) is 12.5. The maximum Gasteiger partial charge on any atom is 0.165 e. The molecule has 0 spiro atoms. The lowest BCUT2D eigenvalue weighted by Gasteiger charge is -2.16. The third-order valence-electron chi connectivity index (χ3n) is 3.92. The molecule has 4 rings (SSSR count). The molecule has 3 aromatic rings. The number of aromatic hydroxyl groups is 1. The van der Waals surface area contributed by atoms with Gasteiger partial charge >= 0.3 is 0 Å². The Balaban J connectivity index is 1.79. The second kappa shape index (κ2) is 5.07. The summed E-state index contributed by atoms with van der Waals surface area (Å²) < 4.78 is 0. The molecule has 0 aliphatic carbocycles. The van der Waals surface area contributed by atoms with Crippen LogP contribution < -0.4 is 5.32 Å². The Morgan fingerprint density at radius 2 is 2.05 bits per heavy atom. The quantitative estimate of drug-likeness (QED) is 0.489. The average molecular weight is 312 g/mol. The van der Waals surface area contributed by atoms with Gasteiger partial charge in [-0.3, -0.25) is 4.99 Å². The molecule has 4 nitrogen and oxygen atoms in total. The lowest BCUT2D eigenvalue weighted by Crippen LogP contribution is -2.09. The van der Waals surface area contributed by atoms with Crippen molar-refractivity contribution in [2.45, 2.75) is 6.42 Å². The monoisotopic (exact) mass is 311 g/mol. The molecule has 5 heteroatoms. The van der Waals surface area contributed by atoms with Crippen molar-refractivity contribution in [1.82, 2.24) is 4.98 Å². The summed E-state index contributed by atoms with van der Waals surface area (Å²) in [5.74, 6) is 0.180. The van der Waals surface area contributed by atoms with Crippen LogP contribution in [-0.2, 0) is 6.42 Å². The molecule has 1 aromatic heterocycles. The van der Waals surface area contributed by atoms with Crippen molar-refractivity contribution in [1.29, 1.82) is 0 Å². The lowest BCUT2D eigenvalue weighted by atomic mass is 10.0. The fourth-order valence-corrected chi connectivity index (χ4v) is 2.95. The third-order valence-corrected chi connectivity index (χ3v) is 4.18. The van der Waals surface area contributed by atoms with Gasteiger partial charge in [0.1, 0.15) is 5.69 Å². The van der Waals surface area contributed by atoms with Crippen LogP contribution in [-0.4, -0.2) is 22.8 Å². The van der Waals surface area contributed by atoms with E-state index in [1.54, 1.807) is 6.21 Å². The molecule has 0 unspecified atom stereocenters. The molecule has 22 heavy (non-hydrogen) atoms. The molecule has 2 aromatic carbocycles. The smallest absolute Gasteiger partial charge is 0.165 e. The molecule has 0 amide bonds. The number of anilines is 1. The van der Waals surface area contributed by atoms with Crippen LogP contribution in [0.25, 0.3) is 10.9 Å². The van der Waals surface area contributed by atoms with Gasteiger partial charge in [0.2, 0.25) is 0 Å². The Labute approximate surface area is 132 Å². The largest absolute Gasteiger partial charge is 0.504 e. The summed E-state index contributed by atoms with van der Waals surface area (Å²) in [6.45, 7) is 0.894. The molecule has 0 fully saturated rings. The van der Waals surface area contributed by atoms with Crippen LogP contribution in [0, 0.1) is 0 Å². The normalized spacial score (nSPS) is 13.7. The van der Waals surface area contributed by atoms with Crippen molar-refractivity contribution >= 4 is 40.1 Å². The predicted octanol–water partition coefficient (Wildman–Crippen LogP) is 4.25. The van der Waals surface area contributed by atoms with Crippen LogP contribution in [0.3, 0.4) is 0 Å². The van der Waals surface area contributed by atoms with Gasteiger partial charge in [0.15, 0.2) is 5.75 Å². The molecule has 110 valence electrons. The minimum atomic E-state index is 0.180. The lowest BCUT2D eigenvalue weighted by molar-refractivity contribution is 0.482. The highest BCUT2D eigenvalue weighted by molar-refractivity contribution is 6.30. The van der Waals surface area contributed by atoms with Crippen molar-refractivity contribution < 1.29 is 5.11 Å². The van der Waals surface area contributed by atoms with Gasteiger partial charge in [0, 0.05) is 35.1 Å². The number of nitrogens with zero attached hydrogens (tertiary/aromatic N) is 1. The van der Waals surface area contributed by atoms with E-state index in [0.29, 0.717) is 10.7 Å². The topological polar surface area (TPSA) is 60.4 Å². The highest BCUT2D eigenvalue weighted by atomic mass is 35.5. The number of aromatic amines is 1. The standard InChI is InChI=1S/C17H14ClN3O/c18-12-3-1-10(2-4-12)8-20-14-7-13-15-11(5-6-19-13)9-21-16(15)17(14)22/h1-4,7-9,19,21-22H,5-6H2. The van der Waals surface area contributed by atoms with Crippen LogP contribution in [0.4, 0.5) is 11.4 Å². The number of phenolic OH excluding ortho intramolecular Hbond substituents is 1. The minimum absolute atomic E-state index is 0.180. The molecule has 2 heterocycles. The molecule has 0 saturated heterocycles. The maximum absolute atomic E-state index is 10.4. The summed E-state index contributed by atoms with van der Waals surface area (Å²) in [5.41, 5.74) is 4.45. The van der Waals surface area contributed by atoms with Crippen molar-refractivity contribution in [3.8, 4) is 5.75 Å². The zero-order chi connectivity index (χ0) is 15.1. The second-order valence-corrected chi connectivity index (χ2v) is 5.78. The summed E-state index contributed by atoms with van der Waals surface area (Å²) in [5, 5.41) is 15.6. The molecule has 0 atom stereocenters. The fourth-order valence-electron chi connectivity index (χ4n) is 2.82. The van der Waals surface area contributed by atoms with Crippen molar-refractivity contribution in [3.05, 3.63) is 52.7 Å². The van der Waals surface area contributed by atoms with E-state index < -0.39 is 0 Å². The van der Waals surface area contributed by atoms with Crippen LogP contribution in [0.15, 0.2) is 41.5 Å². The second-order valence-electron chi connectivity index (χ2n) is 5.34. The number of phenols is 1. The van der Waals surface area contributed by atoms with E-state index >= 15 is 0 Å². The first-order chi connectivity index (χ1) is 10.7. The van der Waals surface area contributed by atoms with E-state index in [4.69, 9.17) is 11.6 Å². The number of benzene rings is 2. The fraction of sp³-hybridized carbons (Fsp3) is 0.118. The number of H-pyrrole nitrogens is 1. The summed E-state index contributed by atoms with van der Waals surface area (Å²) in [7, 11) is 0. The van der Waals surface area contributed by atoms with Crippen molar-refractivity contribution in [3.63, 3.8) is 0 Å². The Morgan fingerprint density at radius 3 is 2.86 bits per heavy atom. The van der Waals surface area contributed by atoms with Gasteiger partial charge in [-0.15, -0.1) is 0 Å². The number of halogens is 1. The molecule has 0 bridgehead atoms. The molecular formula is C17H14ClN3O. The number of hydrogen-bond acceptors (Lipinski definition) is 3. The summed E-state index contributed by atoms with van der Waals surface area (Å²) >= 11 is 5.87. The first kappa shape index (κ1) is 13.2. The SMILES string of the molecule is Oc1c(N=Cc2ccc(Cl)cc2)cc2c3c(c[nH]c13)CCN2. The number of aromatic nitrogens is 1. The van der Waals surface area contributed by atoms with Gasteiger partial charge in [-0.2, -0.15) is 0 Å². The Kier molecular flexibility index (Phi) is 3.05. The van der Waals surface area contributed by atoms with Gasteiger partial charge in [0.25, 0.3) is 0 Å². The van der Waals surface area contributed by atoms with E-state index in [2.05, 4.69) is 15.3 Å². The van der Waals surface area contributed by atoms with Crippen LogP contribution in [0.1, 0.15) is 11.1 Å². The molecule has 3 N–H and O–H groups in total. The van der Waals surface area contributed by atoms with E-state index in [9.17, 15) is 5.11 Å². The van der Waals surface area contributed by atoms with Gasteiger partial charge < -0.3 is 15.4 Å². The molecule has 0 radical (unpaired) electrons. The third kappa shape index (κ3) is 2.12. The summed E-state index contributed by atoms with van der Waals surface area (Å²) in [6.07, 6.45) is 4.64. The van der Waals surface area contributed by atoms with E-state index in [1.807, 2.05) is 36.5 Å². The average Bonchev–Trinajstić information content (AvgIpc) is 2.97. The van der Waals surface area contributed by atoms with Crippen LogP contribution in [0.2, 0.25) is 5.02 Å². The first-order valence-electron chi connectivity index (χ1n) is 7.12. The van der Waals surface area contributed by atoms with E-state index in [1.165, 1.54) is 5.56 Å². The molecule has 1 aliphatic heterocycles. The van der Waals surface area contributed by atoms with Crippen LogP contribution >= 0.6 is 11.6 Å². The molecule has 0 saturated carbocycles. The van der Waals surface area contributed by atoms with Crippen molar-refractivity contribution in [2.75, 3.05) is 11.9 Å². The molecule has 1 aliphatic rings. The number of nitrogens with one attached hydrogen (secondary N) is 2. The van der Waals surface area contributed by atoms with Gasteiger partial charge in [-0.1, -0.05) is 23.7 Å². The number of rotatable bonds is 2. The Hall–Kier alpha value is -2.46. The first-order valence-corrected chi connectivity index (χ1v) is 7.49. The maximum atomic E-state index is 10.4. The Bertz CT molecular complexity index is 881.